The number of hydrogen-bond acceptors (Lipinski definition) is 4. The molecule has 0 unspecified atom stereocenters. The van der Waals surface area contributed by atoms with Crippen LogP contribution < -0.4 is 5.32 Å². The molecule has 0 aliphatic carbocycles. The van der Waals surface area contributed by atoms with Crippen molar-refractivity contribution in [2.24, 2.45) is 0 Å². The summed E-state index contributed by atoms with van der Waals surface area (Å²) in [6.45, 7) is 22.8. The van der Waals surface area contributed by atoms with Gasteiger partial charge in [0, 0.05) is 25.2 Å². The Hall–Kier alpha value is -0.593. The maximum atomic E-state index is 12.3. The molecule has 1 amide bonds. The summed E-state index contributed by atoms with van der Waals surface area (Å²) in [7, 11) is -1.74. The average molecular weight is 373 g/mol. The highest BCUT2D eigenvalue weighted by Crippen LogP contribution is 2.37. The van der Waals surface area contributed by atoms with Crippen molar-refractivity contribution >= 4 is 14.4 Å². The molecule has 25 heavy (non-hydrogen) atoms. The summed E-state index contributed by atoms with van der Waals surface area (Å²) in [4.78, 5) is 14.1. The van der Waals surface area contributed by atoms with E-state index in [0.717, 1.165) is 19.5 Å². The van der Waals surface area contributed by atoms with Crippen LogP contribution >= 0.6 is 0 Å². The second kappa shape index (κ2) is 7.97. The van der Waals surface area contributed by atoms with Crippen molar-refractivity contribution in [1.29, 1.82) is 0 Å². The molecule has 0 aromatic carbocycles. The molecule has 0 aromatic rings. The maximum absolute atomic E-state index is 12.3. The molecule has 0 saturated carbocycles. The lowest BCUT2D eigenvalue weighted by Gasteiger charge is -2.38. The zero-order valence-electron chi connectivity index (χ0n) is 18.0. The van der Waals surface area contributed by atoms with Gasteiger partial charge >= 0.3 is 6.09 Å². The van der Waals surface area contributed by atoms with E-state index in [1.54, 1.807) is 0 Å². The smallest absolute Gasteiger partial charge is 0.410 e. The molecule has 1 aliphatic rings. The first-order valence-corrected chi connectivity index (χ1v) is 12.5. The normalized spacial score (nSPS) is 23.7. The highest BCUT2D eigenvalue weighted by atomic mass is 28.4. The number of nitrogens with one attached hydrogen (secondary N) is 1. The SMILES string of the molecule is C[C@@H](CN[C@H]1CCN(C(=O)OC(C)(C)C)[C@H]1C)O[Si](C)(C)C(C)(C)C. The third kappa shape index (κ3) is 6.57. The first kappa shape index (κ1) is 22.4. The minimum atomic E-state index is -1.74. The number of hydrogen-bond donors (Lipinski definition) is 1. The molecule has 5 nitrogen and oxygen atoms in total. The van der Waals surface area contributed by atoms with Gasteiger partial charge in [0.05, 0.1) is 6.10 Å². The van der Waals surface area contributed by atoms with Gasteiger partial charge in [-0.15, -0.1) is 0 Å². The number of rotatable bonds is 5. The van der Waals surface area contributed by atoms with Gasteiger partial charge < -0.3 is 19.4 Å². The Morgan fingerprint density at radius 2 is 1.80 bits per heavy atom. The van der Waals surface area contributed by atoms with Crippen LogP contribution in [0.1, 0.15) is 61.8 Å². The van der Waals surface area contributed by atoms with E-state index in [0.29, 0.717) is 0 Å². The molecule has 0 spiro atoms. The zero-order valence-corrected chi connectivity index (χ0v) is 19.0. The second-order valence-electron chi connectivity index (χ2n) is 9.91. The third-order valence-corrected chi connectivity index (χ3v) is 9.96. The Bertz CT molecular complexity index is 455. The summed E-state index contributed by atoms with van der Waals surface area (Å²) in [5.41, 5.74) is -0.451. The number of amides is 1. The molecule has 1 rings (SSSR count). The fourth-order valence-corrected chi connectivity index (χ4v) is 4.27. The number of nitrogens with zero attached hydrogens (tertiary/aromatic N) is 1. The van der Waals surface area contributed by atoms with E-state index in [9.17, 15) is 4.79 Å². The van der Waals surface area contributed by atoms with Gasteiger partial charge in [-0.25, -0.2) is 4.79 Å². The van der Waals surface area contributed by atoms with Crippen LogP contribution in [0.3, 0.4) is 0 Å². The van der Waals surface area contributed by atoms with Crippen LogP contribution in [0, 0.1) is 0 Å². The minimum Gasteiger partial charge on any atom is -0.444 e. The lowest BCUT2D eigenvalue weighted by Crippen LogP contribution is -2.49. The minimum absolute atomic E-state index is 0.134. The van der Waals surface area contributed by atoms with E-state index >= 15 is 0 Å². The Labute approximate surface area is 156 Å². The molecule has 0 aromatic heterocycles. The van der Waals surface area contributed by atoms with E-state index < -0.39 is 13.9 Å². The van der Waals surface area contributed by atoms with E-state index in [2.05, 4.69) is 53.0 Å². The molecule has 0 radical (unpaired) electrons. The molecule has 0 bridgehead atoms. The molecule has 6 heteroatoms. The van der Waals surface area contributed by atoms with E-state index in [1.807, 2.05) is 25.7 Å². The predicted molar refractivity (Wildman–Crippen MR) is 107 cm³/mol. The standard InChI is InChI=1S/C19H40N2O3Si/c1-14(24-25(9,10)19(6,7)8)13-20-16-11-12-21(15(16)2)17(22)23-18(3,4)5/h14-16,20H,11-13H2,1-10H3/t14-,15-,16-/m0/s1. The van der Waals surface area contributed by atoms with Crippen molar-refractivity contribution in [3.8, 4) is 0 Å². The number of likely N-dealkylation sites (tertiary alicyclic amines) is 1. The van der Waals surface area contributed by atoms with Gasteiger partial charge in [0.15, 0.2) is 8.32 Å². The molecular formula is C19H40N2O3Si. The van der Waals surface area contributed by atoms with Gasteiger partial charge in [-0.2, -0.15) is 0 Å². The first-order valence-electron chi connectivity index (χ1n) is 9.55. The third-order valence-electron chi connectivity index (χ3n) is 5.35. The van der Waals surface area contributed by atoms with Gasteiger partial charge in [-0.05, 0) is 59.2 Å². The first-order chi connectivity index (χ1) is 11.1. The molecule has 1 heterocycles. The lowest BCUT2D eigenvalue weighted by atomic mass is 10.1. The zero-order chi connectivity index (χ0) is 19.6. The Kier molecular flexibility index (Phi) is 7.15. The van der Waals surface area contributed by atoms with Crippen molar-refractivity contribution in [2.75, 3.05) is 13.1 Å². The molecule has 1 saturated heterocycles. The Morgan fingerprint density at radius 3 is 2.28 bits per heavy atom. The predicted octanol–water partition coefficient (Wildman–Crippen LogP) is 4.38. The van der Waals surface area contributed by atoms with E-state index in [1.165, 1.54) is 0 Å². The van der Waals surface area contributed by atoms with Crippen LogP contribution in [-0.4, -0.2) is 56.2 Å². The highest BCUT2D eigenvalue weighted by molar-refractivity contribution is 6.74. The van der Waals surface area contributed by atoms with Crippen molar-refractivity contribution < 1.29 is 14.0 Å². The van der Waals surface area contributed by atoms with Gasteiger partial charge in [0.1, 0.15) is 5.60 Å². The summed E-state index contributed by atoms with van der Waals surface area (Å²) in [6, 6.07) is 0.424. The Morgan fingerprint density at radius 1 is 1.24 bits per heavy atom. The molecule has 1 fully saturated rings. The summed E-state index contributed by atoms with van der Waals surface area (Å²) < 4.78 is 11.9. The molecule has 148 valence electrons. The molecule has 3 atom stereocenters. The van der Waals surface area contributed by atoms with Crippen molar-refractivity contribution in [2.45, 2.75) is 104 Å². The number of carbonyl (C=O) groups excluding carboxylic acids is 1. The summed E-state index contributed by atoms with van der Waals surface area (Å²) in [5.74, 6) is 0. The summed E-state index contributed by atoms with van der Waals surface area (Å²) in [5, 5.41) is 3.82. The van der Waals surface area contributed by atoms with Crippen LogP contribution in [0.5, 0.6) is 0 Å². The van der Waals surface area contributed by atoms with E-state index in [4.69, 9.17) is 9.16 Å². The highest BCUT2D eigenvalue weighted by Gasteiger charge is 2.39. The maximum Gasteiger partial charge on any atom is 0.410 e. The van der Waals surface area contributed by atoms with Gasteiger partial charge in [0.2, 0.25) is 0 Å². The fraction of sp³-hybridized carbons (Fsp3) is 0.947. The molecule has 1 aliphatic heterocycles. The van der Waals surface area contributed by atoms with Crippen LogP contribution in [0.2, 0.25) is 18.1 Å². The van der Waals surface area contributed by atoms with Gasteiger partial charge in [-0.1, -0.05) is 20.8 Å². The largest absolute Gasteiger partial charge is 0.444 e. The van der Waals surface area contributed by atoms with Crippen LogP contribution in [-0.2, 0) is 9.16 Å². The van der Waals surface area contributed by atoms with Gasteiger partial charge in [-0.3, -0.25) is 0 Å². The summed E-state index contributed by atoms with van der Waals surface area (Å²) in [6.07, 6.45) is 0.909. The average Bonchev–Trinajstić information content (AvgIpc) is 2.74. The van der Waals surface area contributed by atoms with Crippen molar-refractivity contribution in [3.05, 3.63) is 0 Å². The quantitative estimate of drug-likeness (QED) is 0.728. The van der Waals surface area contributed by atoms with Crippen molar-refractivity contribution in [1.82, 2.24) is 10.2 Å². The van der Waals surface area contributed by atoms with E-state index in [-0.39, 0.29) is 29.3 Å². The van der Waals surface area contributed by atoms with Crippen LogP contribution in [0.25, 0.3) is 0 Å². The topological polar surface area (TPSA) is 50.8 Å². The summed E-state index contributed by atoms with van der Waals surface area (Å²) >= 11 is 0. The van der Waals surface area contributed by atoms with Crippen molar-refractivity contribution in [3.63, 3.8) is 0 Å². The van der Waals surface area contributed by atoms with Gasteiger partial charge in [0.25, 0.3) is 0 Å². The number of ether oxygens (including phenoxy) is 1. The fourth-order valence-electron chi connectivity index (χ4n) is 2.83. The molecular weight excluding hydrogens is 332 g/mol. The number of carbonyl (C=O) groups is 1. The van der Waals surface area contributed by atoms with Crippen LogP contribution in [0.4, 0.5) is 4.79 Å². The monoisotopic (exact) mass is 372 g/mol. The lowest BCUT2D eigenvalue weighted by molar-refractivity contribution is 0.0229. The molecule has 1 N–H and O–H groups in total. The van der Waals surface area contributed by atoms with Crippen LogP contribution in [0.15, 0.2) is 0 Å². The Balaban J connectivity index is 2.50. The second-order valence-corrected chi connectivity index (χ2v) is 14.7.